The van der Waals surface area contributed by atoms with Gasteiger partial charge in [0.2, 0.25) is 0 Å². The Labute approximate surface area is 163 Å². The maximum Gasteiger partial charge on any atom is 0.290 e. The van der Waals surface area contributed by atoms with Gasteiger partial charge in [0, 0.05) is 30.7 Å². The summed E-state index contributed by atoms with van der Waals surface area (Å²) in [5.41, 5.74) is 2.29. The van der Waals surface area contributed by atoms with Gasteiger partial charge < -0.3 is 19.1 Å². The van der Waals surface area contributed by atoms with Gasteiger partial charge in [-0.05, 0) is 36.2 Å². The van der Waals surface area contributed by atoms with Crippen LogP contribution in [-0.2, 0) is 16.0 Å². The molecule has 1 aliphatic heterocycles. The van der Waals surface area contributed by atoms with Crippen LogP contribution in [0.1, 0.15) is 11.6 Å². The second-order valence-corrected chi connectivity index (χ2v) is 6.39. The first-order valence-corrected chi connectivity index (χ1v) is 8.99. The molecule has 0 bridgehead atoms. The average Bonchev–Trinajstić information content (AvgIpc) is 3.38. The van der Waals surface area contributed by atoms with E-state index < -0.39 is 0 Å². The molecule has 3 aromatic rings. The molecule has 1 aromatic carbocycles. The largest absolute Gasteiger partial charge is 0.496 e. The van der Waals surface area contributed by atoms with Crippen molar-refractivity contribution in [2.45, 2.75) is 12.5 Å². The standard InChI is InChI=1S/C20H21N3O2.CH2O2/c1-24-19-5-3-2-4-17(19)20-22-10-11-23(20)18-14-25-13-16(18)12-15-6-8-21-9-7-15;2-1-3/h2-11,16,18H,12-14H2,1H3;1H,(H,2,3)/t16-,18+;/m0./s1. The zero-order chi connectivity index (χ0) is 19.8. The first-order chi connectivity index (χ1) is 13.8. The molecule has 28 heavy (non-hydrogen) atoms. The van der Waals surface area contributed by atoms with Crippen LogP contribution in [0.25, 0.3) is 11.4 Å². The highest BCUT2D eigenvalue weighted by Crippen LogP contribution is 2.35. The number of hydrogen-bond donors (Lipinski definition) is 1. The van der Waals surface area contributed by atoms with Crippen LogP contribution >= 0.6 is 0 Å². The maximum absolute atomic E-state index is 8.36. The summed E-state index contributed by atoms with van der Waals surface area (Å²) < 4.78 is 13.6. The number of nitrogens with zero attached hydrogens (tertiary/aromatic N) is 3. The molecule has 0 spiro atoms. The smallest absolute Gasteiger partial charge is 0.290 e. The van der Waals surface area contributed by atoms with Gasteiger partial charge in [-0.1, -0.05) is 12.1 Å². The molecule has 7 nitrogen and oxygen atoms in total. The van der Waals surface area contributed by atoms with Gasteiger partial charge in [0.25, 0.3) is 6.47 Å². The number of ether oxygens (including phenoxy) is 2. The molecule has 7 heteroatoms. The van der Waals surface area contributed by atoms with Gasteiger partial charge in [-0.25, -0.2) is 4.98 Å². The van der Waals surface area contributed by atoms with Crippen LogP contribution < -0.4 is 4.74 Å². The van der Waals surface area contributed by atoms with Gasteiger partial charge >= 0.3 is 0 Å². The summed E-state index contributed by atoms with van der Waals surface area (Å²) in [6.45, 7) is 1.21. The molecule has 1 fully saturated rings. The Morgan fingerprint density at radius 3 is 2.71 bits per heavy atom. The van der Waals surface area contributed by atoms with Gasteiger partial charge in [-0.2, -0.15) is 0 Å². The summed E-state index contributed by atoms with van der Waals surface area (Å²) >= 11 is 0. The van der Waals surface area contributed by atoms with Crippen molar-refractivity contribution >= 4 is 6.47 Å². The Hall–Kier alpha value is -3.19. The minimum Gasteiger partial charge on any atom is -0.496 e. The van der Waals surface area contributed by atoms with Crippen LogP contribution in [0.15, 0.2) is 61.2 Å². The van der Waals surface area contributed by atoms with Crippen molar-refractivity contribution in [1.82, 2.24) is 14.5 Å². The highest BCUT2D eigenvalue weighted by atomic mass is 16.5. The fourth-order valence-electron chi connectivity index (χ4n) is 3.53. The van der Waals surface area contributed by atoms with E-state index in [0.717, 1.165) is 30.2 Å². The highest BCUT2D eigenvalue weighted by molar-refractivity contribution is 5.64. The quantitative estimate of drug-likeness (QED) is 0.684. The zero-order valence-electron chi connectivity index (χ0n) is 15.6. The summed E-state index contributed by atoms with van der Waals surface area (Å²) in [5.74, 6) is 2.16. The predicted octanol–water partition coefficient (Wildman–Crippen LogP) is 3.08. The Balaban J connectivity index is 0.000000706. The Morgan fingerprint density at radius 1 is 1.21 bits per heavy atom. The molecule has 0 amide bonds. The number of rotatable bonds is 5. The average molecular weight is 381 g/mol. The van der Waals surface area contributed by atoms with E-state index in [1.165, 1.54) is 5.56 Å². The van der Waals surface area contributed by atoms with E-state index in [0.29, 0.717) is 12.5 Å². The first kappa shape index (κ1) is 19.6. The fourth-order valence-corrected chi connectivity index (χ4v) is 3.53. The molecular formula is C21H23N3O4. The second-order valence-electron chi connectivity index (χ2n) is 6.39. The van der Waals surface area contributed by atoms with E-state index in [9.17, 15) is 0 Å². The summed E-state index contributed by atoms with van der Waals surface area (Å²) in [4.78, 5) is 17.1. The topological polar surface area (TPSA) is 86.5 Å². The predicted molar refractivity (Wildman–Crippen MR) is 104 cm³/mol. The van der Waals surface area contributed by atoms with Gasteiger partial charge in [-0.15, -0.1) is 0 Å². The van der Waals surface area contributed by atoms with Crippen molar-refractivity contribution in [3.8, 4) is 17.1 Å². The highest BCUT2D eigenvalue weighted by Gasteiger charge is 2.31. The van der Waals surface area contributed by atoms with Crippen LogP contribution in [0, 0.1) is 5.92 Å². The number of carboxylic acid groups (broad SMARTS) is 1. The molecule has 4 rings (SSSR count). The number of pyridine rings is 1. The number of methoxy groups -OCH3 is 1. The molecule has 146 valence electrons. The molecule has 1 aliphatic rings. The molecule has 3 heterocycles. The molecule has 0 radical (unpaired) electrons. The van der Waals surface area contributed by atoms with E-state index in [2.05, 4.69) is 26.7 Å². The van der Waals surface area contributed by atoms with E-state index in [1.54, 1.807) is 7.11 Å². The normalized spacial score (nSPS) is 18.2. The zero-order valence-corrected chi connectivity index (χ0v) is 15.6. The third-order valence-electron chi connectivity index (χ3n) is 4.79. The minimum atomic E-state index is -0.250. The number of carbonyl (C=O) groups is 1. The van der Waals surface area contributed by atoms with E-state index >= 15 is 0 Å². The third-order valence-corrected chi connectivity index (χ3v) is 4.79. The molecule has 1 saturated heterocycles. The van der Waals surface area contributed by atoms with E-state index in [-0.39, 0.29) is 12.5 Å². The third kappa shape index (κ3) is 4.37. The molecule has 0 saturated carbocycles. The lowest BCUT2D eigenvalue weighted by Crippen LogP contribution is -2.20. The molecule has 2 aromatic heterocycles. The maximum atomic E-state index is 8.36. The number of benzene rings is 1. The number of para-hydroxylation sites is 1. The summed E-state index contributed by atoms with van der Waals surface area (Å²) in [7, 11) is 1.69. The van der Waals surface area contributed by atoms with Crippen molar-refractivity contribution in [2.75, 3.05) is 20.3 Å². The van der Waals surface area contributed by atoms with Gasteiger partial charge in [-0.3, -0.25) is 9.78 Å². The summed E-state index contributed by atoms with van der Waals surface area (Å²) in [5, 5.41) is 6.89. The lowest BCUT2D eigenvalue weighted by Gasteiger charge is -2.22. The lowest BCUT2D eigenvalue weighted by molar-refractivity contribution is -0.122. The lowest BCUT2D eigenvalue weighted by atomic mass is 9.95. The minimum absolute atomic E-state index is 0.250. The fraction of sp³-hybridized carbons (Fsp3) is 0.286. The van der Waals surface area contributed by atoms with Crippen molar-refractivity contribution in [2.24, 2.45) is 5.92 Å². The van der Waals surface area contributed by atoms with Crippen molar-refractivity contribution < 1.29 is 19.4 Å². The van der Waals surface area contributed by atoms with E-state index in [4.69, 9.17) is 19.4 Å². The van der Waals surface area contributed by atoms with Crippen molar-refractivity contribution in [3.05, 3.63) is 66.7 Å². The van der Waals surface area contributed by atoms with Gasteiger partial charge in [0.15, 0.2) is 0 Å². The Kier molecular flexibility index (Phi) is 6.75. The van der Waals surface area contributed by atoms with Crippen LogP contribution in [0.3, 0.4) is 0 Å². The van der Waals surface area contributed by atoms with Gasteiger partial charge in [0.05, 0.1) is 31.9 Å². The molecule has 0 unspecified atom stereocenters. The monoisotopic (exact) mass is 381 g/mol. The molecular weight excluding hydrogens is 358 g/mol. The van der Waals surface area contributed by atoms with Crippen molar-refractivity contribution in [3.63, 3.8) is 0 Å². The number of imidazole rings is 1. The molecule has 2 atom stereocenters. The number of hydrogen-bond acceptors (Lipinski definition) is 5. The molecule has 1 N–H and O–H groups in total. The van der Waals surface area contributed by atoms with E-state index in [1.807, 2.05) is 49.1 Å². The van der Waals surface area contributed by atoms with Crippen LogP contribution in [0.5, 0.6) is 5.75 Å². The Bertz CT molecular complexity index is 882. The SMILES string of the molecule is COc1ccccc1-c1nccn1[C@@H]1COC[C@@H]1Cc1ccncc1.O=CO. The number of aromatic nitrogens is 3. The van der Waals surface area contributed by atoms with Crippen molar-refractivity contribution in [1.29, 1.82) is 0 Å². The molecule has 0 aliphatic carbocycles. The summed E-state index contributed by atoms with van der Waals surface area (Å²) in [6.07, 6.45) is 8.55. The second kappa shape index (κ2) is 9.66. The summed E-state index contributed by atoms with van der Waals surface area (Å²) in [6, 6.07) is 12.4. The van der Waals surface area contributed by atoms with Crippen LogP contribution in [-0.4, -0.2) is 46.4 Å². The van der Waals surface area contributed by atoms with Crippen LogP contribution in [0.2, 0.25) is 0 Å². The first-order valence-electron chi connectivity index (χ1n) is 8.99. The Morgan fingerprint density at radius 2 is 1.96 bits per heavy atom. The van der Waals surface area contributed by atoms with Crippen LogP contribution in [0.4, 0.5) is 0 Å². The van der Waals surface area contributed by atoms with Gasteiger partial charge in [0.1, 0.15) is 11.6 Å².